The molecule has 3 rings (SSSR count). The van der Waals surface area contributed by atoms with E-state index >= 15 is 0 Å². The molecule has 0 atom stereocenters. The second kappa shape index (κ2) is 9.07. The number of ether oxygens (including phenoxy) is 3. The number of unbranched alkanes of at least 4 members (excludes halogenated alkanes) is 1. The molecule has 27 heavy (non-hydrogen) atoms. The Balaban J connectivity index is 1.49. The van der Waals surface area contributed by atoms with Crippen molar-refractivity contribution in [3.8, 4) is 11.5 Å². The zero-order valence-corrected chi connectivity index (χ0v) is 15.3. The van der Waals surface area contributed by atoms with E-state index in [0.29, 0.717) is 36.0 Å². The summed E-state index contributed by atoms with van der Waals surface area (Å²) in [5, 5.41) is 2.72. The molecular formula is C21H23NO5. The molecule has 0 aromatic heterocycles. The predicted octanol–water partition coefficient (Wildman–Crippen LogP) is 3.60. The summed E-state index contributed by atoms with van der Waals surface area (Å²) in [6.07, 6.45) is 3.31. The standard InChI is InChI=1S/C21H23NO5/c1-2-3-4-15-5-8-17(9-6-15)22-20(23)14-27-21(24)16-7-10-18-19(13-16)26-12-11-25-18/h5-10,13H,2-4,11-12,14H2,1H3,(H,22,23). The van der Waals surface area contributed by atoms with E-state index in [1.807, 2.05) is 24.3 Å². The highest BCUT2D eigenvalue weighted by molar-refractivity contribution is 5.95. The van der Waals surface area contributed by atoms with E-state index in [2.05, 4.69) is 12.2 Å². The lowest BCUT2D eigenvalue weighted by Gasteiger charge is -2.18. The molecule has 0 radical (unpaired) electrons. The van der Waals surface area contributed by atoms with Crippen LogP contribution in [0.25, 0.3) is 0 Å². The number of carbonyl (C=O) groups excluding carboxylic acids is 2. The van der Waals surface area contributed by atoms with E-state index in [1.54, 1.807) is 18.2 Å². The van der Waals surface area contributed by atoms with Gasteiger partial charge in [0.25, 0.3) is 5.91 Å². The van der Waals surface area contributed by atoms with Gasteiger partial charge in [-0.2, -0.15) is 0 Å². The fourth-order valence-electron chi connectivity index (χ4n) is 2.72. The Hall–Kier alpha value is -3.02. The summed E-state index contributed by atoms with van der Waals surface area (Å²) in [6.45, 7) is 2.72. The number of hydrogen-bond acceptors (Lipinski definition) is 5. The summed E-state index contributed by atoms with van der Waals surface area (Å²) in [7, 11) is 0. The van der Waals surface area contributed by atoms with Gasteiger partial charge in [-0.25, -0.2) is 4.79 Å². The monoisotopic (exact) mass is 369 g/mol. The fraction of sp³-hybridized carbons (Fsp3) is 0.333. The predicted molar refractivity (Wildman–Crippen MR) is 101 cm³/mol. The summed E-state index contributed by atoms with van der Waals surface area (Å²) >= 11 is 0. The van der Waals surface area contributed by atoms with Crippen molar-refractivity contribution in [3.05, 3.63) is 53.6 Å². The SMILES string of the molecule is CCCCc1ccc(NC(=O)COC(=O)c2ccc3c(c2)OCCO3)cc1. The van der Waals surface area contributed by atoms with Crippen LogP contribution >= 0.6 is 0 Å². The van der Waals surface area contributed by atoms with Gasteiger partial charge in [-0.1, -0.05) is 25.5 Å². The molecule has 2 aromatic rings. The first kappa shape index (κ1) is 18.8. The van der Waals surface area contributed by atoms with E-state index in [4.69, 9.17) is 14.2 Å². The van der Waals surface area contributed by atoms with E-state index in [-0.39, 0.29) is 12.5 Å². The molecule has 0 saturated heterocycles. The molecule has 1 amide bonds. The molecule has 1 aliphatic heterocycles. The molecule has 1 heterocycles. The first-order valence-corrected chi connectivity index (χ1v) is 9.11. The topological polar surface area (TPSA) is 73.9 Å². The second-order valence-electron chi connectivity index (χ2n) is 6.28. The fourth-order valence-corrected chi connectivity index (χ4v) is 2.72. The van der Waals surface area contributed by atoms with Gasteiger partial charge in [-0.05, 0) is 48.7 Å². The number of nitrogens with one attached hydrogen (secondary N) is 1. The molecule has 2 aromatic carbocycles. The minimum Gasteiger partial charge on any atom is -0.486 e. The van der Waals surface area contributed by atoms with Crippen molar-refractivity contribution in [2.45, 2.75) is 26.2 Å². The smallest absolute Gasteiger partial charge is 0.338 e. The molecule has 1 N–H and O–H groups in total. The lowest BCUT2D eigenvalue weighted by Crippen LogP contribution is -2.21. The van der Waals surface area contributed by atoms with Gasteiger partial charge in [-0.3, -0.25) is 4.79 Å². The van der Waals surface area contributed by atoms with E-state index in [9.17, 15) is 9.59 Å². The minimum absolute atomic E-state index is 0.312. The van der Waals surface area contributed by atoms with E-state index in [0.717, 1.165) is 19.3 Å². The van der Waals surface area contributed by atoms with Crippen LogP contribution in [0.1, 0.15) is 35.7 Å². The molecule has 0 aliphatic carbocycles. The highest BCUT2D eigenvalue weighted by atomic mass is 16.6. The maximum absolute atomic E-state index is 12.1. The Morgan fingerprint density at radius 2 is 1.78 bits per heavy atom. The summed E-state index contributed by atoms with van der Waals surface area (Å²) in [4.78, 5) is 24.1. The average Bonchev–Trinajstić information content (AvgIpc) is 2.71. The average molecular weight is 369 g/mol. The van der Waals surface area contributed by atoms with Crippen molar-refractivity contribution in [2.24, 2.45) is 0 Å². The zero-order valence-electron chi connectivity index (χ0n) is 15.3. The van der Waals surface area contributed by atoms with Crippen molar-refractivity contribution in [3.63, 3.8) is 0 Å². The number of benzene rings is 2. The molecule has 0 bridgehead atoms. The molecule has 142 valence electrons. The number of anilines is 1. The molecule has 0 fully saturated rings. The quantitative estimate of drug-likeness (QED) is 0.755. The summed E-state index contributed by atoms with van der Waals surface area (Å²) < 4.78 is 15.9. The number of hydrogen-bond donors (Lipinski definition) is 1. The zero-order chi connectivity index (χ0) is 19.1. The van der Waals surface area contributed by atoms with Crippen LogP contribution in [0.2, 0.25) is 0 Å². The summed E-state index contributed by atoms with van der Waals surface area (Å²) in [6, 6.07) is 12.5. The number of fused-ring (bicyclic) bond motifs is 1. The van der Waals surface area contributed by atoms with Gasteiger partial charge < -0.3 is 19.5 Å². The van der Waals surface area contributed by atoms with Gasteiger partial charge >= 0.3 is 5.97 Å². The summed E-state index contributed by atoms with van der Waals surface area (Å²) in [5.74, 6) is 0.125. The van der Waals surface area contributed by atoms with Gasteiger partial charge in [0.15, 0.2) is 18.1 Å². The van der Waals surface area contributed by atoms with Crippen molar-refractivity contribution >= 4 is 17.6 Å². The lowest BCUT2D eigenvalue weighted by atomic mass is 10.1. The van der Waals surface area contributed by atoms with Crippen molar-refractivity contribution in [1.82, 2.24) is 0 Å². The van der Waals surface area contributed by atoms with Gasteiger partial charge in [0.2, 0.25) is 0 Å². The molecule has 0 saturated carbocycles. The Bertz CT molecular complexity index is 801. The Morgan fingerprint density at radius 3 is 2.52 bits per heavy atom. The van der Waals surface area contributed by atoms with Crippen LogP contribution in [-0.2, 0) is 16.0 Å². The molecule has 1 aliphatic rings. The largest absolute Gasteiger partial charge is 0.486 e. The number of esters is 1. The Kier molecular flexibility index (Phi) is 6.30. The number of aryl methyl sites for hydroxylation is 1. The van der Waals surface area contributed by atoms with Crippen LogP contribution in [0.3, 0.4) is 0 Å². The number of carbonyl (C=O) groups is 2. The molecule has 0 unspecified atom stereocenters. The van der Waals surface area contributed by atoms with Crippen LogP contribution in [0.15, 0.2) is 42.5 Å². The third-order valence-corrected chi connectivity index (χ3v) is 4.17. The number of amides is 1. The molecule has 6 heteroatoms. The van der Waals surface area contributed by atoms with Crippen LogP contribution in [0, 0.1) is 0 Å². The normalized spacial score (nSPS) is 12.3. The van der Waals surface area contributed by atoms with Crippen LogP contribution in [-0.4, -0.2) is 31.7 Å². The van der Waals surface area contributed by atoms with Crippen molar-refractivity contribution in [2.75, 3.05) is 25.1 Å². The van der Waals surface area contributed by atoms with Gasteiger partial charge in [0, 0.05) is 5.69 Å². The van der Waals surface area contributed by atoms with Gasteiger partial charge in [0.1, 0.15) is 13.2 Å². The van der Waals surface area contributed by atoms with Crippen LogP contribution in [0.4, 0.5) is 5.69 Å². The maximum atomic E-state index is 12.1. The summed E-state index contributed by atoms with van der Waals surface area (Å²) in [5.41, 5.74) is 2.22. The highest BCUT2D eigenvalue weighted by Crippen LogP contribution is 2.30. The highest BCUT2D eigenvalue weighted by Gasteiger charge is 2.16. The first-order valence-electron chi connectivity index (χ1n) is 9.11. The number of rotatable bonds is 7. The first-order chi connectivity index (χ1) is 13.2. The van der Waals surface area contributed by atoms with E-state index in [1.165, 1.54) is 5.56 Å². The third-order valence-electron chi connectivity index (χ3n) is 4.17. The van der Waals surface area contributed by atoms with Crippen molar-refractivity contribution in [1.29, 1.82) is 0 Å². The molecular weight excluding hydrogens is 346 g/mol. The molecule has 6 nitrogen and oxygen atoms in total. The minimum atomic E-state index is -0.586. The Morgan fingerprint density at radius 1 is 1.04 bits per heavy atom. The lowest BCUT2D eigenvalue weighted by molar-refractivity contribution is -0.119. The third kappa shape index (κ3) is 5.23. The second-order valence-corrected chi connectivity index (χ2v) is 6.28. The maximum Gasteiger partial charge on any atom is 0.338 e. The van der Waals surface area contributed by atoms with Gasteiger partial charge in [-0.15, -0.1) is 0 Å². The molecule has 0 spiro atoms. The van der Waals surface area contributed by atoms with Crippen molar-refractivity contribution < 1.29 is 23.8 Å². The van der Waals surface area contributed by atoms with Crippen LogP contribution < -0.4 is 14.8 Å². The van der Waals surface area contributed by atoms with Crippen LogP contribution in [0.5, 0.6) is 11.5 Å². The Labute approximate surface area is 158 Å². The van der Waals surface area contributed by atoms with E-state index < -0.39 is 5.97 Å². The van der Waals surface area contributed by atoms with Gasteiger partial charge in [0.05, 0.1) is 5.56 Å².